The number of carbonyl (C=O) groups excluding carboxylic acids is 1. The normalized spacial score (nSPS) is 10.8. The molecule has 5 heteroatoms. The number of carbonyl (C=O) groups is 1. The number of benzene rings is 1. The van der Waals surface area contributed by atoms with Crippen molar-refractivity contribution in [1.29, 1.82) is 0 Å². The van der Waals surface area contributed by atoms with Gasteiger partial charge in [-0.1, -0.05) is 0 Å². The Labute approximate surface area is 135 Å². The van der Waals surface area contributed by atoms with Gasteiger partial charge in [0.2, 0.25) is 0 Å². The highest BCUT2D eigenvalue weighted by Crippen LogP contribution is 2.25. The minimum absolute atomic E-state index is 0.0598. The molecular weight excluding hydrogens is 294 g/mol. The molecule has 0 atom stereocenters. The van der Waals surface area contributed by atoms with Gasteiger partial charge in [0.15, 0.2) is 0 Å². The number of ether oxygens (including phenoxy) is 1. The lowest BCUT2D eigenvalue weighted by Crippen LogP contribution is -2.22. The van der Waals surface area contributed by atoms with Crippen molar-refractivity contribution in [3.05, 3.63) is 39.7 Å². The first-order valence-electron chi connectivity index (χ1n) is 7.98. The first-order valence-corrected chi connectivity index (χ1v) is 7.98. The van der Waals surface area contributed by atoms with Crippen molar-refractivity contribution in [1.82, 2.24) is 0 Å². The van der Waals surface area contributed by atoms with Crippen LogP contribution in [-0.4, -0.2) is 25.7 Å². The summed E-state index contributed by atoms with van der Waals surface area (Å²) < 4.78 is 10.4. The van der Waals surface area contributed by atoms with Gasteiger partial charge in [0.1, 0.15) is 5.58 Å². The van der Waals surface area contributed by atoms with Crippen LogP contribution in [-0.2, 0) is 16.0 Å². The molecule has 1 aromatic carbocycles. The van der Waals surface area contributed by atoms with Crippen LogP contribution in [0.2, 0.25) is 0 Å². The number of esters is 1. The topological polar surface area (TPSA) is 59.8 Å². The Kier molecular flexibility index (Phi) is 5.42. The van der Waals surface area contributed by atoms with E-state index in [1.165, 1.54) is 0 Å². The molecule has 0 radical (unpaired) electrons. The molecule has 0 bridgehead atoms. The maximum Gasteiger partial charge on any atom is 0.340 e. The molecule has 0 unspecified atom stereocenters. The molecule has 0 saturated heterocycles. The summed E-state index contributed by atoms with van der Waals surface area (Å²) in [7, 11) is 0. The van der Waals surface area contributed by atoms with E-state index in [2.05, 4.69) is 18.7 Å². The maximum atomic E-state index is 12.2. The molecule has 0 fully saturated rings. The van der Waals surface area contributed by atoms with E-state index >= 15 is 0 Å². The minimum Gasteiger partial charge on any atom is -0.466 e. The van der Waals surface area contributed by atoms with Crippen LogP contribution < -0.4 is 10.5 Å². The predicted molar refractivity (Wildman–Crippen MR) is 91.1 cm³/mol. The molecule has 5 nitrogen and oxygen atoms in total. The number of anilines is 1. The van der Waals surface area contributed by atoms with Gasteiger partial charge in [-0.2, -0.15) is 0 Å². The highest BCUT2D eigenvalue weighted by molar-refractivity contribution is 5.85. The van der Waals surface area contributed by atoms with E-state index < -0.39 is 11.6 Å². The van der Waals surface area contributed by atoms with Gasteiger partial charge in [0.05, 0.1) is 18.6 Å². The lowest BCUT2D eigenvalue weighted by molar-refractivity contribution is -0.142. The summed E-state index contributed by atoms with van der Waals surface area (Å²) in [6.45, 7) is 9.80. The molecule has 2 aromatic rings. The fraction of sp³-hybridized carbons (Fsp3) is 0.444. The average molecular weight is 317 g/mol. The summed E-state index contributed by atoms with van der Waals surface area (Å²) >= 11 is 0. The second kappa shape index (κ2) is 7.31. The molecule has 0 aliphatic heterocycles. The van der Waals surface area contributed by atoms with Gasteiger partial charge in [-0.25, -0.2) is 4.79 Å². The van der Waals surface area contributed by atoms with Gasteiger partial charge in [-0.05, 0) is 45.4 Å². The zero-order valence-corrected chi connectivity index (χ0v) is 14.1. The van der Waals surface area contributed by atoms with Crippen LogP contribution in [0.1, 0.15) is 31.9 Å². The zero-order valence-electron chi connectivity index (χ0n) is 14.1. The first-order chi connectivity index (χ1) is 11.0. The van der Waals surface area contributed by atoms with Crippen LogP contribution >= 0.6 is 0 Å². The second-order valence-corrected chi connectivity index (χ2v) is 5.33. The summed E-state index contributed by atoms with van der Waals surface area (Å²) in [5.74, 6) is -0.415. The molecule has 1 aromatic heterocycles. The Morgan fingerprint density at radius 1 is 1.22 bits per heavy atom. The Morgan fingerprint density at radius 2 is 1.91 bits per heavy atom. The number of hydrogen-bond donors (Lipinski definition) is 0. The maximum absolute atomic E-state index is 12.2. The largest absolute Gasteiger partial charge is 0.466 e. The lowest BCUT2D eigenvalue weighted by atomic mass is 10.0. The highest BCUT2D eigenvalue weighted by atomic mass is 16.5. The second-order valence-electron chi connectivity index (χ2n) is 5.33. The number of hydrogen-bond acceptors (Lipinski definition) is 5. The van der Waals surface area contributed by atoms with E-state index in [9.17, 15) is 9.59 Å². The van der Waals surface area contributed by atoms with E-state index in [4.69, 9.17) is 9.15 Å². The predicted octanol–water partition coefficient (Wildman–Crippen LogP) is 3.05. The number of nitrogens with zero attached hydrogens (tertiary/aromatic N) is 1. The van der Waals surface area contributed by atoms with Crippen molar-refractivity contribution in [2.24, 2.45) is 0 Å². The summed E-state index contributed by atoms with van der Waals surface area (Å²) in [5, 5.41) is 0.847. The molecule has 0 amide bonds. The van der Waals surface area contributed by atoms with Gasteiger partial charge in [-0.15, -0.1) is 0 Å². The molecular formula is C18H23NO4. The first kappa shape index (κ1) is 17.1. The molecule has 0 spiro atoms. The third-order valence-electron chi connectivity index (χ3n) is 4.03. The van der Waals surface area contributed by atoms with E-state index in [0.717, 1.165) is 29.7 Å². The smallest absolute Gasteiger partial charge is 0.340 e. The molecule has 0 N–H and O–H groups in total. The SMILES string of the molecule is CCOC(=O)Cc1c(C)c2ccc(N(CC)CC)cc2oc1=O. The summed E-state index contributed by atoms with van der Waals surface area (Å²) in [6, 6.07) is 5.83. The molecule has 124 valence electrons. The fourth-order valence-corrected chi connectivity index (χ4v) is 2.73. The van der Waals surface area contributed by atoms with Crippen LogP contribution in [0.15, 0.2) is 27.4 Å². The van der Waals surface area contributed by atoms with Crippen LogP contribution in [0.25, 0.3) is 11.0 Å². The van der Waals surface area contributed by atoms with E-state index in [1.54, 1.807) is 6.92 Å². The van der Waals surface area contributed by atoms with Gasteiger partial charge < -0.3 is 14.1 Å². The van der Waals surface area contributed by atoms with Crippen LogP contribution in [0, 0.1) is 6.92 Å². The van der Waals surface area contributed by atoms with Crippen LogP contribution in [0.5, 0.6) is 0 Å². The summed E-state index contributed by atoms with van der Waals surface area (Å²) in [4.78, 5) is 26.1. The Morgan fingerprint density at radius 3 is 2.52 bits per heavy atom. The number of fused-ring (bicyclic) bond motifs is 1. The Bertz CT molecular complexity index is 759. The molecule has 1 heterocycles. The average Bonchev–Trinajstić information content (AvgIpc) is 2.52. The molecule has 0 aliphatic carbocycles. The van der Waals surface area contributed by atoms with Gasteiger partial charge in [0, 0.05) is 30.2 Å². The van der Waals surface area contributed by atoms with Crippen LogP contribution in [0.4, 0.5) is 5.69 Å². The monoisotopic (exact) mass is 317 g/mol. The standard InChI is InChI=1S/C18H23NO4/c1-5-19(6-2)13-8-9-14-12(4)15(11-17(20)22-7-3)18(21)23-16(14)10-13/h8-10H,5-7,11H2,1-4H3. The van der Waals surface area contributed by atoms with E-state index in [0.29, 0.717) is 17.8 Å². The fourth-order valence-electron chi connectivity index (χ4n) is 2.73. The summed E-state index contributed by atoms with van der Waals surface area (Å²) in [5.41, 5.74) is 2.23. The molecule has 0 saturated carbocycles. The van der Waals surface area contributed by atoms with Crippen molar-refractivity contribution in [2.75, 3.05) is 24.6 Å². The van der Waals surface area contributed by atoms with Crippen LogP contribution in [0.3, 0.4) is 0 Å². The van der Waals surface area contributed by atoms with Crippen molar-refractivity contribution in [2.45, 2.75) is 34.1 Å². The lowest BCUT2D eigenvalue weighted by Gasteiger charge is -2.21. The highest BCUT2D eigenvalue weighted by Gasteiger charge is 2.16. The van der Waals surface area contributed by atoms with Crippen molar-refractivity contribution < 1.29 is 13.9 Å². The van der Waals surface area contributed by atoms with Crippen molar-refractivity contribution >= 4 is 22.6 Å². The van der Waals surface area contributed by atoms with Crippen molar-refractivity contribution in [3.63, 3.8) is 0 Å². The molecule has 0 aliphatic rings. The Hall–Kier alpha value is -2.30. The van der Waals surface area contributed by atoms with Gasteiger partial charge >= 0.3 is 11.6 Å². The molecule has 2 rings (SSSR count). The van der Waals surface area contributed by atoms with Gasteiger partial charge in [-0.3, -0.25) is 4.79 Å². The third kappa shape index (κ3) is 3.55. The quantitative estimate of drug-likeness (QED) is 0.605. The molecule has 23 heavy (non-hydrogen) atoms. The Balaban J connectivity index is 2.49. The minimum atomic E-state index is -0.472. The third-order valence-corrected chi connectivity index (χ3v) is 4.03. The van der Waals surface area contributed by atoms with Crippen molar-refractivity contribution in [3.8, 4) is 0 Å². The summed E-state index contributed by atoms with van der Waals surface area (Å²) in [6.07, 6.45) is -0.0598. The number of aryl methyl sites for hydroxylation is 1. The van der Waals surface area contributed by atoms with Gasteiger partial charge in [0.25, 0.3) is 0 Å². The van der Waals surface area contributed by atoms with E-state index in [-0.39, 0.29) is 6.42 Å². The zero-order chi connectivity index (χ0) is 17.0. The number of rotatable bonds is 6. The van der Waals surface area contributed by atoms with E-state index in [1.807, 2.05) is 25.1 Å².